The van der Waals surface area contributed by atoms with Crippen LogP contribution in [0, 0.1) is 5.92 Å². The quantitative estimate of drug-likeness (QED) is 0.619. The van der Waals surface area contributed by atoms with Gasteiger partial charge in [0.25, 0.3) is 5.56 Å². The van der Waals surface area contributed by atoms with Crippen molar-refractivity contribution in [2.24, 2.45) is 5.92 Å². The Labute approximate surface area is 171 Å². The molecule has 5 heteroatoms. The Balaban J connectivity index is 1.70. The van der Waals surface area contributed by atoms with E-state index in [1.54, 1.807) is 6.07 Å². The predicted molar refractivity (Wildman–Crippen MR) is 118 cm³/mol. The molecule has 0 fully saturated rings. The molecule has 0 aliphatic heterocycles. The molecule has 1 atom stereocenters. The van der Waals surface area contributed by atoms with Gasteiger partial charge in [0, 0.05) is 17.7 Å². The molecule has 0 radical (unpaired) electrons. The number of rotatable bonds is 8. The smallest absolute Gasteiger partial charge is 0.267 e. The van der Waals surface area contributed by atoms with E-state index in [1.807, 2.05) is 43.3 Å². The molecule has 1 unspecified atom stereocenters. The van der Waals surface area contributed by atoms with E-state index < -0.39 is 0 Å². The summed E-state index contributed by atoms with van der Waals surface area (Å²) in [7, 11) is 0. The van der Waals surface area contributed by atoms with Gasteiger partial charge in [0.05, 0.1) is 5.69 Å². The Hall–Kier alpha value is -2.95. The summed E-state index contributed by atoms with van der Waals surface area (Å²) in [6, 6.07) is 17.4. The van der Waals surface area contributed by atoms with E-state index in [-0.39, 0.29) is 24.1 Å². The summed E-state index contributed by atoms with van der Waals surface area (Å²) < 4.78 is 1.24. The van der Waals surface area contributed by atoms with Crippen LogP contribution < -0.4 is 10.9 Å². The van der Waals surface area contributed by atoms with Crippen LogP contribution in [0.15, 0.2) is 59.4 Å². The lowest BCUT2D eigenvalue weighted by molar-refractivity contribution is -0.122. The third-order valence-electron chi connectivity index (χ3n) is 5.03. The van der Waals surface area contributed by atoms with Gasteiger partial charge in [-0.2, -0.15) is 5.10 Å². The number of fused-ring (bicyclic) bond motifs is 1. The maximum Gasteiger partial charge on any atom is 0.267 e. The van der Waals surface area contributed by atoms with Crippen molar-refractivity contribution in [3.05, 3.63) is 65.0 Å². The molecule has 0 spiro atoms. The van der Waals surface area contributed by atoms with Crippen molar-refractivity contribution in [2.45, 2.75) is 52.6 Å². The molecule has 1 N–H and O–H groups in total. The summed E-state index contributed by atoms with van der Waals surface area (Å²) in [5.41, 5.74) is 1.31. The van der Waals surface area contributed by atoms with Gasteiger partial charge in [0.2, 0.25) is 5.91 Å². The summed E-state index contributed by atoms with van der Waals surface area (Å²) in [4.78, 5) is 24.6. The van der Waals surface area contributed by atoms with Gasteiger partial charge in [-0.05, 0) is 42.2 Å². The normalized spacial score (nSPS) is 12.3. The first-order valence-electron chi connectivity index (χ1n) is 10.3. The molecule has 3 aromatic rings. The van der Waals surface area contributed by atoms with Crippen LogP contribution in [-0.4, -0.2) is 21.7 Å². The molecule has 0 aliphatic carbocycles. The average molecular weight is 392 g/mol. The van der Waals surface area contributed by atoms with Crippen molar-refractivity contribution in [2.75, 3.05) is 0 Å². The topological polar surface area (TPSA) is 64.0 Å². The molecular weight excluding hydrogens is 362 g/mol. The number of carbonyl (C=O) groups is 1. The maximum atomic E-state index is 12.4. The number of nitrogens with zero attached hydrogens (tertiary/aromatic N) is 2. The van der Waals surface area contributed by atoms with Crippen LogP contribution in [0.5, 0.6) is 0 Å². The zero-order valence-corrected chi connectivity index (χ0v) is 17.4. The van der Waals surface area contributed by atoms with Gasteiger partial charge < -0.3 is 5.32 Å². The zero-order chi connectivity index (χ0) is 20.8. The summed E-state index contributed by atoms with van der Waals surface area (Å²) in [6.45, 7) is 6.32. The number of carbonyl (C=O) groups excluding carboxylic acids is 1. The molecule has 1 aromatic heterocycles. The third kappa shape index (κ3) is 5.76. The number of aromatic nitrogens is 2. The molecule has 5 nitrogen and oxygen atoms in total. The number of benzene rings is 2. The first kappa shape index (κ1) is 20.8. The number of hydrogen-bond donors (Lipinski definition) is 1. The molecule has 1 amide bonds. The number of amides is 1. The van der Waals surface area contributed by atoms with E-state index in [4.69, 9.17) is 0 Å². The van der Waals surface area contributed by atoms with Gasteiger partial charge in [-0.3, -0.25) is 9.59 Å². The second-order valence-electron chi connectivity index (χ2n) is 8.07. The van der Waals surface area contributed by atoms with Crippen LogP contribution in [0.25, 0.3) is 22.0 Å². The van der Waals surface area contributed by atoms with E-state index >= 15 is 0 Å². The second-order valence-corrected chi connectivity index (χ2v) is 8.07. The van der Waals surface area contributed by atoms with E-state index in [1.165, 1.54) is 10.7 Å². The Bertz CT molecular complexity index is 1040. The summed E-state index contributed by atoms with van der Waals surface area (Å²) in [5.74, 6) is 0.478. The third-order valence-corrected chi connectivity index (χ3v) is 5.03. The van der Waals surface area contributed by atoms with Gasteiger partial charge >= 0.3 is 0 Å². The van der Waals surface area contributed by atoms with Crippen molar-refractivity contribution < 1.29 is 4.79 Å². The molecule has 1 heterocycles. The highest BCUT2D eigenvalue weighted by Crippen LogP contribution is 2.22. The molecule has 152 valence electrons. The van der Waals surface area contributed by atoms with Crippen molar-refractivity contribution in [3.63, 3.8) is 0 Å². The van der Waals surface area contributed by atoms with Crippen molar-refractivity contribution >= 4 is 16.7 Å². The van der Waals surface area contributed by atoms with Crippen LogP contribution in [0.2, 0.25) is 0 Å². The van der Waals surface area contributed by atoms with Crippen LogP contribution >= 0.6 is 0 Å². The largest absolute Gasteiger partial charge is 0.352 e. The first-order chi connectivity index (χ1) is 13.9. The molecule has 0 aliphatic rings. The maximum absolute atomic E-state index is 12.4. The highest BCUT2D eigenvalue weighted by Gasteiger charge is 2.11. The molecule has 0 bridgehead atoms. The van der Waals surface area contributed by atoms with Crippen LogP contribution in [0.4, 0.5) is 0 Å². The summed E-state index contributed by atoms with van der Waals surface area (Å²) in [5, 5.41) is 9.66. The van der Waals surface area contributed by atoms with Gasteiger partial charge in [-0.25, -0.2) is 4.68 Å². The lowest BCUT2D eigenvalue weighted by Gasteiger charge is -2.15. The molecule has 2 aromatic carbocycles. The van der Waals surface area contributed by atoms with Crippen molar-refractivity contribution in [3.8, 4) is 11.3 Å². The van der Waals surface area contributed by atoms with Gasteiger partial charge in [0.1, 0.15) is 6.54 Å². The molecule has 0 saturated carbocycles. The molecule has 3 rings (SSSR count). The Morgan fingerprint density at radius 1 is 1.00 bits per heavy atom. The van der Waals surface area contributed by atoms with Crippen LogP contribution in [0.1, 0.15) is 40.0 Å². The Morgan fingerprint density at radius 3 is 2.52 bits per heavy atom. The van der Waals surface area contributed by atoms with Gasteiger partial charge in [0.15, 0.2) is 0 Å². The fraction of sp³-hybridized carbons (Fsp3) is 0.375. The minimum absolute atomic E-state index is 0.0746. The van der Waals surface area contributed by atoms with Gasteiger partial charge in [-0.1, -0.05) is 63.1 Å². The second kappa shape index (κ2) is 9.50. The zero-order valence-electron chi connectivity index (χ0n) is 17.4. The van der Waals surface area contributed by atoms with E-state index in [9.17, 15) is 9.59 Å². The van der Waals surface area contributed by atoms with Crippen LogP contribution in [-0.2, 0) is 11.3 Å². The predicted octanol–water partition coefficient (Wildman–Crippen LogP) is 4.39. The van der Waals surface area contributed by atoms with E-state index in [0.717, 1.165) is 35.6 Å². The lowest BCUT2D eigenvalue weighted by atomic mass is 10.0. The summed E-state index contributed by atoms with van der Waals surface area (Å²) in [6.07, 6.45) is 3.16. The SMILES string of the molecule is CC(C)CCCC(C)NC(=O)Cn1nc(-c2ccc3ccccc3c2)ccc1=O. The first-order valence-corrected chi connectivity index (χ1v) is 10.3. The van der Waals surface area contributed by atoms with Gasteiger partial charge in [-0.15, -0.1) is 0 Å². The van der Waals surface area contributed by atoms with Crippen LogP contribution in [0.3, 0.4) is 0 Å². The molecule has 0 saturated heterocycles. The lowest BCUT2D eigenvalue weighted by Crippen LogP contribution is -2.38. The van der Waals surface area contributed by atoms with E-state index in [0.29, 0.717) is 11.6 Å². The summed E-state index contributed by atoms with van der Waals surface area (Å²) >= 11 is 0. The minimum Gasteiger partial charge on any atom is -0.352 e. The van der Waals surface area contributed by atoms with E-state index in [2.05, 4.69) is 30.3 Å². The number of nitrogens with one attached hydrogen (secondary N) is 1. The van der Waals surface area contributed by atoms with Crippen molar-refractivity contribution in [1.82, 2.24) is 15.1 Å². The Kier molecular flexibility index (Phi) is 6.81. The Morgan fingerprint density at radius 2 is 1.76 bits per heavy atom. The monoisotopic (exact) mass is 391 g/mol. The standard InChI is InChI=1S/C24H29N3O2/c1-17(2)7-6-8-18(3)25-23(28)16-27-24(29)14-13-22(26-27)21-12-11-19-9-4-5-10-20(19)15-21/h4-5,9-15,17-18H,6-8,16H2,1-3H3,(H,25,28). The molecule has 29 heavy (non-hydrogen) atoms. The fourth-order valence-electron chi connectivity index (χ4n) is 3.43. The molecular formula is C24H29N3O2. The minimum atomic E-state index is -0.280. The highest BCUT2D eigenvalue weighted by molar-refractivity contribution is 5.86. The average Bonchev–Trinajstić information content (AvgIpc) is 2.69. The van der Waals surface area contributed by atoms with Crippen molar-refractivity contribution in [1.29, 1.82) is 0 Å². The highest BCUT2D eigenvalue weighted by atomic mass is 16.2. The number of hydrogen-bond acceptors (Lipinski definition) is 3. The fourth-order valence-corrected chi connectivity index (χ4v) is 3.43.